The van der Waals surface area contributed by atoms with E-state index in [1.165, 1.54) is 19.3 Å². The summed E-state index contributed by atoms with van der Waals surface area (Å²) in [6.07, 6.45) is 13.3. The normalized spacial score (nSPS) is 27.6. The lowest BCUT2D eigenvalue weighted by atomic mass is 9.80. The Labute approximate surface area is 256 Å². The molecule has 0 aromatic heterocycles. The van der Waals surface area contributed by atoms with Gasteiger partial charge in [0.05, 0.1) is 17.8 Å². The molecular weight excluding hydrogens is 540 g/mol. The molecule has 0 atom stereocenters. The second-order valence-electron chi connectivity index (χ2n) is 13.0. The molecule has 0 spiro atoms. The molecule has 0 bridgehead atoms. The highest BCUT2D eigenvalue weighted by atomic mass is 16.6. The summed E-state index contributed by atoms with van der Waals surface area (Å²) < 4.78 is 17.5. The summed E-state index contributed by atoms with van der Waals surface area (Å²) in [6.45, 7) is 2.23. The average molecular weight is 589 g/mol. The van der Waals surface area contributed by atoms with Gasteiger partial charge in [-0.2, -0.15) is 0 Å². The van der Waals surface area contributed by atoms with Crippen molar-refractivity contribution in [1.82, 2.24) is 0 Å². The summed E-state index contributed by atoms with van der Waals surface area (Å²) in [5, 5.41) is 0. The maximum absolute atomic E-state index is 12.9. The van der Waals surface area contributed by atoms with Gasteiger partial charge in [0.15, 0.2) is 0 Å². The summed E-state index contributed by atoms with van der Waals surface area (Å²) in [6, 6.07) is 17.6. The van der Waals surface area contributed by atoms with Gasteiger partial charge in [-0.15, -0.1) is 0 Å². The number of unbranched alkanes of at least 4 members (excludes halogenated alkanes) is 1. The lowest BCUT2D eigenvalue weighted by molar-refractivity contribution is -0.162. The molecule has 0 radical (unpaired) electrons. The minimum Gasteiger partial charge on any atom is -0.462 e. The summed E-state index contributed by atoms with van der Waals surface area (Å²) >= 11 is 0. The van der Waals surface area contributed by atoms with Crippen LogP contribution in [0.4, 0.5) is 0 Å². The van der Waals surface area contributed by atoms with E-state index in [4.69, 9.17) is 14.2 Å². The molecule has 3 fully saturated rings. The van der Waals surface area contributed by atoms with Crippen LogP contribution in [-0.4, -0.2) is 30.1 Å². The van der Waals surface area contributed by atoms with E-state index in [9.17, 15) is 14.4 Å². The summed E-state index contributed by atoms with van der Waals surface area (Å²) in [7, 11) is 0. The standard InChI is InChI=1S/C37H48O6/c1-2-3-8-26-13-15-28(16-14-26)35(38)41-32-21-17-29(18-22-32)36(39)42-33-23-19-30(20-24-33)37(40)43-34-12-7-11-31(25-34)27-9-5-4-6-10-27/h4-7,9-12,25-26,28-30,32-33H,2-3,8,13-24H2,1H3. The van der Waals surface area contributed by atoms with E-state index in [-0.39, 0.29) is 47.9 Å². The molecule has 2 aromatic carbocycles. The molecule has 0 unspecified atom stereocenters. The van der Waals surface area contributed by atoms with Crippen molar-refractivity contribution in [3.63, 3.8) is 0 Å². The topological polar surface area (TPSA) is 78.9 Å². The maximum atomic E-state index is 12.9. The van der Waals surface area contributed by atoms with Crippen molar-refractivity contribution in [1.29, 1.82) is 0 Å². The zero-order valence-electron chi connectivity index (χ0n) is 25.7. The van der Waals surface area contributed by atoms with Crippen LogP contribution in [0.5, 0.6) is 5.75 Å². The van der Waals surface area contributed by atoms with Crippen molar-refractivity contribution in [2.45, 2.75) is 115 Å². The fourth-order valence-corrected chi connectivity index (χ4v) is 7.10. The number of rotatable bonds is 10. The predicted octanol–water partition coefficient (Wildman–Crippen LogP) is 8.46. The molecule has 0 amide bonds. The average Bonchev–Trinajstić information content (AvgIpc) is 3.05. The van der Waals surface area contributed by atoms with Gasteiger partial charge in [-0.05, 0) is 106 Å². The van der Waals surface area contributed by atoms with Crippen LogP contribution in [0, 0.1) is 23.7 Å². The Balaban J connectivity index is 0.984. The second kappa shape index (κ2) is 15.5. The third kappa shape index (κ3) is 8.93. The van der Waals surface area contributed by atoms with E-state index in [0.29, 0.717) is 44.3 Å². The summed E-state index contributed by atoms with van der Waals surface area (Å²) in [4.78, 5) is 38.6. The van der Waals surface area contributed by atoms with Crippen LogP contribution in [-0.2, 0) is 23.9 Å². The maximum Gasteiger partial charge on any atom is 0.314 e. The molecule has 6 nitrogen and oxygen atoms in total. The number of benzene rings is 2. The number of hydrogen-bond donors (Lipinski definition) is 0. The first-order valence-electron chi connectivity index (χ1n) is 16.8. The van der Waals surface area contributed by atoms with E-state index in [1.807, 2.05) is 54.6 Å². The van der Waals surface area contributed by atoms with Crippen molar-refractivity contribution >= 4 is 17.9 Å². The van der Waals surface area contributed by atoms with Crippen molar-refractivity contribution < 1.29 is 28.6 Å². The third-order valence-corrected chi connectivity index (χ3v) is 9.89. The predicted molar refractivity (Wildman–Crippen MR) is 166 cm³/mol. The van der Waals surface area contributed by atoms with Gasteiger partial charge in [0.1, 0.15) is 18.0 Å². The highest BCUT2D eigenvalue weighted by Crippen LogP contribution is 2.35. The number of esters is 3. The minimum atomic E-state index is -0.215. The van der Waals surface area contributed by atoms with E-state index in [2.05, 4.69) is 6.92 Å². The molecule has 232 valence electrons. The molecule has 3 aliphatic rings. The molecule has 43 heavy (non-hydrogen) atoms. The first-order valence-corrected chi connectivity index (χ1v) is 16.8. The molecule has 0 heterocycles. The second-order valence-corrected chi connectivity index (χ2v) is 13.0. The smallest absolute Gasteiger partial charge is 0.314 e. The van der Waals surface area contributed by atoms with E-state index in [1.54, 1.807) is 0 Å². The minimum absolute atomic E-state index is 0.0286. The van der Waals surface area contributed by atoms with E-state index >= 15 is 0 Å². The fraction of sp³-hybridized carbons (Fsp3) is 0.595. The molecule has 3 saturated carbocycles. The molecule has 2 aromatic rings. The Morgan fingerprint density at radius 1 is 0.605 bits per heavy atom. The van der Waals surface area contributed by atoms with Gasteiger partial charge in [-0.3, -0.25) is 14.4 Å². The molecule has 0 saturated heterocycles. The van der Waals surface area contributed by atoms with Gasteiger partial charge in [0.25, 0.3) is 0 Å². The van der Waals surface area contributed by atoms with Crippen LogP contribution in [0.2, 0.25) is 0 Å². The van der Waals surface area contributed by atoms with Crippen molar-refractivity contribution in [2.24, 2.45) is 23.7 Å². The Morgan fingerprint density at radius 3 is 1.67 bits per heavy atom. The van der Waals surface area contributed by atoms with Gasteiger partial charge >= 0.3 is 17.9 Å². The fourth-order valence-electron chi connectivity index (χ4n) is 7.10. The van der Waals surface area contributed by atoms with E-state index < -0.39 is 0 Å². The van der Waals surface area contributed by atoms with Crippen molar-refractivity contribution in [3.05, 3.63) is 54.6 Å². The Morgan fingerprint density at radius 2 is 1.12 bits per heavy atom. The molecule has 3 aliphatic carbocycles. The SMILES string of the molecule is CCCCC1CCC(C(=O)OC2CCC(C(=O)OC3CCC(C(=O)Oc4cccc(-c5ccccc5)c4)CC3)CC2)CC1. The monoisotopic (exact) mass is 588 g/mol. The highest BCUT2D eigenvalue weighted by Gasteiger charge is 2.35. The van der Waals surface area contributed by atoms with Crippen LogP contribution < -0.4 is 4.74 Å². The molecule has 5 rings (SSSR count). The Kier molecular flexibility index (Phi) is 11.3. The third-order valence-electron chi connectivity index (χ3n) is 9.89. The van der Waals surface area contributed by atoms with Crippen LogP contribution in [0.25, 0.3) is 11.1 Å². The summed E-state index contributed by atoms with van der Waals surface area (Å²) in [5.74, 6) is 0.668. The van der Waals surface area contributed by atoms with Crippen molar-refractivity contribution in [2.75, 3.05) is 0 Å². The van der Waals surface area contributed by atoms with Crippen LogP contribution in [0.15, 0.2) is 54.6 Å². The van der Waals surface area contributed by atoms with Crippen LogP contribution >= 0.6 is 0 Å². The zero-order valence-corrected chi connectivity index (χ0v) is 25.7. The molecule has 6 heteroatoms. The van der Waals surface area contributed by atoms with Gasteiger partial charge in [-0.25, -0.2) is 0 Å². The summed E-state index contributed by atoms with van der Waals surface area (Å²) in [5.41, 5.74) is 2.08. The van der Waals surface area contributed by atoms with Gasteiger partial charge in [0, 0.05) is 0 Å². The first-order chi connectivity index (χ1) is 21.0. The molecule has 0 aliphatic heterocycles. The highest BCUT2D eigenvalue weighted by molar-refractivity contribution is 5.76. The van der Waals surface area contributed by atoms with Gasteiger partial charge in [-0.1, -0.05) is 68.7 Å². The first kappa shape index (κ1) is 31.3. The van der Waals surface area contributed by atoms with Gasteiger partial charge in [0.2, 0.25) is 0 Å². The van der Waals surface area contributed by atoms with Gasteiger partial charge < -0.3 is 14.2 Å². The Bertz CT molecular complexity index is 1180. The lowest BCUT2D eigenvalue weighted by Crippen LogP contribution is -2.34. The number of ether oxygens (including phenoxy) is 3. The quantitative estimate of drug-likeness (QED) is 0.205. The number of carbonyl (C=O) groups is 3. The van der Waals surface area contributed by atoms with Crippen molar-refractivity contribution in [3.8, 4) is 16.9 Å². The van der Waals surface area contributed by atoms with Crippen LogP contribution in [0.3, 0.4) is 0 Å². The Hall–Kier alpha value is -3.15. The zero-order chi connectivity index (χ0) is 30.0. The molecular formula is C37H48O6. The molecule has 0 N–H and O–H groups in total. The largest absolute Gasteiger partial charge is 0.462 e. The number of hydrogen-bond acceptors (Lipinski definition) is 6. The van der Waals surface area contributed by atoms with Crippen LogP contribution in [0.1, 0.15) is 103 Å². The lowest BCUT2D eigenvalue weighted by Gasteiger charge is -2.32. The number of carbonyl (C=O) groups excluding carboxylic acids is 3. The van der Waals surface area contributed by atoms with E-state index in [0.717, 1.165) is 55.6 Å².